The number of methoxy groups -OCH3 is 2. The molecule has 1 aromatic heterocycles. The van der Waals surface area contributed by atoms with Crippen molar-refractivity contribution in [1.82, 2.24) is 9.97 Å². The molecule has 7 nitrogen and oxygen atoms in total. The van der Waals surface area contributed by atoms with E-state index in [9.17, 15) is 0 Å². The molecule has 5 aromatic carbocycles. The third-order valence-electron chi connectivity index (χ3n) is 10.5. The minimum Gasteiger partial charge on any atom is -0.493 e. The first-order valence-electron chi connectivity index (χ1n) is 16.8. The van der Waals surface area contributed by atoms with Gasteiger partial charge in [-0.3, -0.25) is 0 Å². The van der Waals surface area contributed by atoms with Gasteiger partial charge in [-0.1, -0.05) is 74.5 Å². The largest absolute Gasteiger partial charge is 0.493 e. The average molecular weight is 648 g/mol. The second-order valence-corrected chi connectivity index (χ2v) is 13.5. The number of morpholine rings is 1. The molecule has 0 bridgehead atoms. The van der Waals surface area contributed by atoms with Gasteiger partial charge in [-0.05, 0) is 64.0 Å². The Kier molecular flexibility index (Phi) is 6.71. The lowest BCUT2D eigenvalue weighted by Gasteiger charge is -2.37. The van der Waals surface area contributed by atoms with Gasteiger partial charge in [-0.15, -0.1) is 0 Å². The third kappa shape index (κ3) is 4.38. The van der Waals surface area contributed by atoms with Crippen LogP contribution in [0, 0.1) is 0 Å². The Balaban J connectivity index is 1.32. The molecular formula is C42H37N3O4. The molecular weight excluding hydrogens is 610 g/mol. The Labute approximate surface area is 285 Å². The number of nitrogens with zero attached hydrogens (tertiary/aromatic N) is 3. The van der Waals surface area contributed by atoms with Gasteiger partial charge in [0.05, 0.1) is 33.0 Å². The van der Waals surface area contributed by atoms with E-state index in [1.165, 1.54) is 22.3 Å². The number of ether oxygens (including phenoxy) is 4. The Bertz CT molecular complexity index is 2310. The van der Waals surface area contributed by atoms with Crippen LogP contribution < -0.4 is 19.1 Å². The van der Waals surface area contributed by atoms with E-state index >= 15 is 0 Å². The number of aromatic nitrogens is 2. The van der Waals surface area contributed by atoms with Gasteiger partial charge in [0.25, 0.3) is 0 Å². The molecule has 1 unspecified atom stereocenters. The summed E-state index contributed by atoms with van der Waals surface area (Å²) < 4.78 is 24.8. The topological polar surface area (TPSA) is 65.9 Å². The molecule has 2 aliphatic heterocycles. The smallest absolute Gasteiger partial charge is 0.212 e. The van der Waals surface area contributed by atoms with Crippen molar-refractivity contribution in [3.05, 3.63) is 125 Å². The van der Waals surface area contributed by atoms with Gasteiger partial charge >= 0.3 is 0 Å². The molecule has 244 valence electrons. The van der Waals surface area contributed by atoms with Crippen molar-refractivity contribution < 1.29 is 18.9 Å². The number of para-hydroxylation sites is 1. The Morgan fingerprint density at radius 2 is 1.53 bits per heavy atom. The first kappa shape index (κ1) is 29.7. The fraction of sp³-hybridized carbons (Fsp3) is 0.238. The SMILES string of the molecule is COc1cc2c3c(c4c(c2cc1OC)-c1ccccc1C4(C)C)C=CC(c1ccc(N2CCOCC2)cc1)(c1ncc2ccccc2n1)O3. The van der Waals surface area contributed by atoms with E-state index in [0.29, 0.717) is 17.3 Å². The first-order chi connectivity index (χ1) is 23.9. The third-order valence-corrected chi connectivity index (χ3v) is 10.5. The number of rotatable bonds is 5. The average Bonchev–Trinajstić information content (AvgIpc) is 3.41. The van der Waals surface area contributed by atoms with Crippen LogP contribution in [0.1, 0.15) is 41.9 Å². The van der Waals surface area contributed by atoms with Gasteiger partial charge in [0.1, 0.15) is 5.75 Å². The molecule has 6 aromatic rings. The molecule has 1 fully saturated rings. The van der Waals surface area contributed by atoms with Crippen molar-refractivity contribution in [2.24, 2.45) is 0 Å². The molecule has 0 spiro atoms. The van der Waals surface area contributed by atoms with Crippen LogP contribution in [0.2, 0.25) is 0 Å². The minimum atomic E-state index is -1.11. The summed E-state index contributed by atoms with van der Waals surface area (Å²) in [4.78, 5) is 12.5. The lowest BCUT2D eigenvalue weighted by molar-refractivity contribution is 0.122. The van der Waals surface area contributed by atoms with E-state index in [1.807, 2.05) is 36.5 Å². The highest BCUT2D eigenvalue weighted by Crippen LogP contribution is 2.59. The van der Waals surface area contributed by atoms with E-state index in [4.69, 9.17) is 28.9 Å². The van der Waals surface area contributed by atoms with Gasteiger partial charge in [-0.25, -0.2) is 9.97 Å². The molecule has 7 heteroatoms. The fourth-order valence-electron chi connectivity index (χ4n) is 8.07. The van der Waals surface area contributed by atoms with Crippen molar-refractivity contribution in [1.29, 1.82) is 0 Å². The van der Waals surface area contributed by atoms with Crippen LogP contribution in [0.3, 0.4) is 0 Å². The van der Waals surface area contributed by atoms with Crippen LogP contribution in [-0.2, 0) is 15.8 Å². The normalized spacial score (nSPS) is 18.9. The van der Waals surface area contributed by atoms with E-state index in [0.717, 1.165) is 70.5 Å². The summed E-state index contributed by atoms with van der Waals surface area (Å²) in [7, 11) is 3.36. The lowest BCUT2D eigenvalue weighted by Crippen LogP contribution is -2.38. The number of benzene rings is 5. The Morgan fingerprint density at radius 3 is 2.31 bits per heavy atom. The van der Waals surface area contributed by atoms with Crippen LogP contribution >= 0.6 is 0 Å². The number of anilines is 1. The predicted molar refractivity (Wildman–Crippen MR) is 194 cm³/mol. The summed E-state index contributed by atoms with van der Waals surface area (Å²) in [6, 6.07) is 29.6. The quantitative estimate of drug-likeness (QED) is 0.187. The zero-order chi connectivity index (χ0) is 33.3. The van der Waals surface area contributed by atoms with E-state index in [2.05, 4.69) is 85.5 Å². The summed E-state index contributed by atoms with van der Waals surface area (Å²) in [6.07, 6.45) is 6.27. The highest BCUT2D eigenvalue weighted by molar-refractivity contribution is 6.09. The molecule has 49 heavy (non-hydrogen) atoms. The second kappa shape index (κ2) is 11.1. The maximum atomic E-state index is 7.49. The molecule has 3 aliphatic rings. The zero-order valence-corrected chi connectivity index (χ0v) is 28.1. The maximum absolute atomic E-state index is 7.49. The van der Waals surface area contributed by atoms with E-state index in [1.54, 1.807) is 14.2 Å². The molecule has 1 aliphatic carbocycles. The maximum Gasteiger partial charge on any atom is 0.212 e. The van der Waals surface area contributed by atoms with E-state index in [-0.39, 0.29) is 5.41 Å². The molecule has 0 radical (unpaired) electrons. The highest BCUT2D eigenvalue weighted by atomic mass is 16.5. The van der Waals surface area contributed by atoms with E-state index < -0.39 is 5.60 Å². The molecule has 0 saturated carbocycles. The Morgan fingerprint density at radius 1 is 0.816 bits per heavy atom. The van der Waals surface area contributed by atoms with Gasteiger partial charge in [0.15, 0.2) is 17.3 Å². The lowest BCUT2D eigenvalue weighted by atomic mass is 9.77. The molecule has 1 saturated heterocycles. The van der Waals surface area contributed by atoms with Crippen LogP contribution in [0.5, 0.6) is 17.2 Å². The van der Waals surface area contributed by atoms with Crippen LogP contribution in [0.15, 0.2) is 97.2 Å². The summed E-state index contributed by atoms with van der Waals surface area (Å²) in [5.74, 6) is 2.66. The summed E-state index contributed by atoms with van der Waals surface area (Å²) in [6.45, 7) is 7.79. The summed E-state index contributed by atoms with van der Waals surface area (Å²) in [5, 5.41) is 2.97. The van der Waals surface area contributed by atoms with Gasteiger partial charge < -0.3 is 23.8 Å². The standard InChI is InChI=1S/C42H37N3O4/c1-41(2)33-11-7-6-10-29(33)37-31-23-35(46-3)36(47-4)24-32(31)39-30(38(37)41)17-18-42(49-39,40-43-25-26-9-5-8-12-34(26)44-40)27-13-15-28(16-14-27)45-19-21-48-22-20-45/h5-18,23-25H,19-22H2,1-4H3. The number of hydrogen-bond acceptors (Lipinski definition) is 7. The predicted octanol–water partition coefficient (Wildman–Crippen LogP) is 8.29. The van der Waals surface area contributed by atoms with Crippen molar-refractivity contribution in [2.75, 3.05) is 45.4 Å². The van der Waals surface area contributed by atoms with Crippen molar-refractivity contribution in [3.8, 4) is 28.4 Å². The van der Waals surface area contributed by atoms with Gasteiger partial charge in [-0.2, -0.15) is 0 Å². The zero-order valence-electron chi connectivity index (χ0n) is 28.1. The molecule has 0 amide bonds. The second-order valence-electron chi connectivity index (χ2n) is 13.5. The summed E-state index contributed by atoms with van der Waals surface area (Å²) in [5.41, 5.74) is 7.58. The van der Waals surface area contributed by atoms with Gasteiger partial charge in [0, 0.05) is 52.3 Å². The fourth-order valence-corrected chi connectivity index (χ4v) is 8.07. The molecule has 3 heterocycles. The number of fused-ring (bicyclic) bond motifs is 9. The Hall–Kier alpha value is -5.40. The molecule has 1 atom stereocenters. The molecule has 9 rings (SSSR count). The van der Waals surface area contributed by atoms with Crippen LogP contribution in [-0.4, -0.2) is 50.5 Å². The molecule has 0 N–H and O–H groups in total. The van der Waals surface area contributed by atoms with Crippen LogP contribution in [0.25, 0.3) is 38.9 Å². The van der Waals surface area contributed by atoms with Gasteiger partial charge in [0.2, 0.25) is 5.60 Å². The number of hydrogen-bond donors (Lipinski definition) is 0. The van der Waals surface area contributed by atoms with Crippen molar-refractivity contribution >= 4 is 33.4 Å². The summed E-state index contributed by atoms with van der Waals surface area (Å²) >= 11 is 0. The van der Waals surface area contributed by atoms with Crippen LogP contribution in [0.4, 0.5) is 5.69 Å². The monoisotopic (exact) mass is 647 g/mol. The first-order valence-corrected chi connectivity index (χ1v) is 16.8. The minimum absolute atomic E-state index is 0.273. The highest BCUT2D eigenvalue weighted by Gasteiger charge is 2.45. The van der Waals surface area contributed by atoms with Crippen molar-refractivity contribution in [3.63, 3.8) is 0 Å². The van der Waals surface area contributed by atoms with Crippen molar-refractivity contribution in [2.45, 2.75) is 24.9 Å².